The molecule has 9 heteroatoms. The van der Waals surface area contributed by atoms with Gasteiger partial charge in [-0.3, -0.25) is 4.79 Å². The fourth-order valence-electron chi connectivity index (χ4n) is 3.09. The number of fused-ring (bicyclic) bond motifs is 1. The highest BCUT2D eigenvalue weighted by Gasteiger charge is 2.32. The van der Waals surface area contributed by atoms with Gasteiger partial charge in [-0.2, -0.15) is 13.5 Å². The second kappa shape index (κ2) is 8.49. The van der Waals surface area contributed by atoms with E-state index < -0.39 is 15.9 Å². The predicted molar refractivity (Wildman–Crippen MR) is 116 cm³/mol. The van der Waals surface area contributed by atoms with E-state index in [0.717, 1.165) is 0 Å². The molecule has 1 amide bonds. The molecule has 1 aliphatic rings. The van der Waals surface area contributed by atoms with E-state index in [0.29, 0.717) is 16.8 Å². The van der Waals surface area contributed by atoms with Gasteiger partial charge < -0.3 is 4.90 Å². The maximum atomic E-state index is 13.0. The quantitative estimate of drug-likeness (QED) is 0.492. The van der Waals surface area contributed by atoms with Crippen LogP contribution in [0.1, 0.15) is 11.1 Å². The monoisotopic (exact) mass is 436 g/mol. The lowest BCUT2D eigenvalue weighted by atomic mass is 10.1. The summed E-state index contributed by atoms with van der Waals surface area (Å²) in [6.07, 6.45) is 1.39. The van der Waals surface area contributed by atoms with Gasteiger partial charge in [0.1, 0.15) is 17.3 Å². The van der Waals surface area contributed by atoms with Gasteiger partial charge in [0.15, 0.2) is 5.84 Å². The normalized spacial score (nSPS) is 14.2. The zero-order chi connectivity index (χ0) is 21.8. The summed E-state index contributed by atoms with van der Waals surface area (Å²) in [5.41, 5.74) is 4.05. The summed E-state index contributed by atoms with van der Waals surface area (Å²) in [5.74, 6) is -0.682. The van der Waals surface area contributed by atoms with Crippen molar-refractivity contribution in [2.45, 2.75) is 4.90 Å². The molecule has 0 saturated carbocycles. The molecule has 0 atom stereocenters. The second-order valence-electron chi connectivity index (χ2n) is 6.65. The number of amides is 1. The molecule has 0 unspecified atom stereocenters. The number of carbonyl (C=O) groups is 1. The Labute approximate surface area is 178 Å². The molecule has 31 heavy (non-hydrogen) atoms. The van der Waals surface area contributed by atoms with Gasteiger partial charge in [0.2, 0.25) is 0 Å². The molecule has 3 aromatic rings. The lowest BCUT2D eigenvalue weighted by molar-refractivity contribution is -0.119. The van der Waals surface area contributed by atoms with Gasteiger partial charge in [0.05, 0.1) is 6.21 Å². The standard InChI is InChI=1S/C22H17FN4O3S/c23-17-12-10-16(11-13-17)14-24-25-21(28)15-27(18-6-2-1-3-7-18)22-19-8-4-5-9-20(19)31(29,30)26-22/h1-14H,15H2,(H,25,28)/b24-14+. The second-order valence-corrected chi connectivity index (χ2v) is 8.23. The maximum absolute atomic E-state index is 13.0. The van der Waals surface area contributed by atoms with Crippen molar-refractivity contribution in [1.29, 1.82) is 0 Å². The van der Waals surface area contributed by atoms with Crippen LogP contribution in [0.15, 0.2) is 93.3 Å². The fourth-order valence-corrected chi connectivity index (χ4v) is 4.30. The highest BCUT2D eigenvalue weighted by atomic mass is 32.2. The topological polar surface area (TPSA) is 91.2 Å². The highest BCUT2D eigenvalue weighted by molar-refractivity contribution is 7.90. The molecule has 156 valence electrons. The van der Waals surface area contributed by atoms with E-state index >= 15 is 0 Å². The first-order valence-corrected chi connectivity index (χ1v) is 10.7. The highest BCUT2D eigenvalue weighted by Crippen LogP contribution is 2.29. The molecule has 1 heterocycles. The van der Waals surface area contributed by atoms with E-state index in [4.69, 9.17) is 0 Å². The van der Waals surface area contributed by atoms with Gasteiger partial charge >= 0.3 is 0 Å². The van der Waals surface area contributed by atoms with Gasteiger partial charge in [0.25, 0.3) is 15.9 Å². The van der Waals surface area contributed by atoms with Crippen LogP contribution in [0.2, 0.25) is 0 Å². The molecule has 4 rings (SSSR count). The van der Waals surface area contributed by atoms with Crippen molar-refractivity contribution in [2.24, 2.45) is 9.50 Å². The Morgan fingerprint density at radius 2 is 1.68 bits per heavy atom. The number of benzene rings is 3. The molecule has 0 saturated heterocycles. The molecule has 0 spiro atoms. The molecule has 0 aliphatic carbocycles. The number of halogens is 1. The third-order valence-corrected chi connectivity index (χ3v) is 5.84. The largest absolute Gasteiger partial charge is 0.316 e. The van der Waals surface area contributed by atoms with E-state index in [2.05, 4.69) is 14.9 Å². The Morgan fingerprint density at radius 1 is 1.00 bits per heavy atom. The van der Waals surface area contributed by atoms with Gasteiger partial charge in [-0.15, -0.1) is 4.40 Å². The van der Waals surface area contributed by atoms with Gasteiger partial charge in [-0.25, -0.2) is 9.82 Å². The summed E-state index contributed by atoms with van der Waals surface area (Å²) in [4.78, 5) is 14.2. The van der Waals surface area contributed by atoms with Crippen LogP contribution in [0.4, 0.5) is 10.1 Å². The number of hydrogen-bond acceptors (Lipinski definition) is 5. The van der Waals surface area contributed by atoms with Gasteiger partial charge in [-0.05, 0) is 42.0 Å². The number of hydrazone groups is 1. The molecule has 7 nitrogen and oxygen atoms in total. The molecule has 0 bridgehead atoms. The number of rotatable bonds is 5. The van der Waals surface area contributed by atoms with Crippen molar-refractivity contribution in [3.63, 3.8) is 0 Å². The van der Waals surface area contributed by atoms with Crippen LogP contribution in [0.25, 0.3) is 0 Å². The van der Waals surface area contributed by atoms with Gasteiger partial charge in [0, 0.05) is 11.3 Å². The average molecular weight is 436 g/mol. The van der Waals surface area contributed by atoms with E-state index in [9.17, 15) is 17.6 Å². The van der Waals surface area contributed by atoms with E-state index in [1.165, 1.54) is 41.4 Å². The Morgan fingerprint density at radius 3 is 2.42 bits per heavy atom. The molecule has 3 aromatic carbocycles. The number of nitrogens with zero attached hydrogens (tertiary/aromatic N) is 3. The van der Waals surface area contributed by atoms with Crippen LogP contribution in [0.5, 0.6) is 0 Å². The third kappa shape index (κ3) is 4.51. The van der Waals surface area contributed by atoms with Crippen LogP contribution in [-0.4, -0.2) is 32.9 Å². The fraction of sp³-hybridized carbons (Fsp3) is 0.0455. The number of sulfonamides is 1. The van der Waals surface area contributed by atoms with Crippen LogP contribution < -0.4 is 10.3 Å². The van der Waals surface area contributed by atoms with Crippen molar-refractivity contribution in [2.75, 3.05) is 11.4 Å². The summed E-state index contributed by atoms with van der Waals surface area (Å²) in [6, 6.07) is 21.0. The smallest absolute Gasteiger partial charge is 0.285 e. The molecule has 0 radical (unpaired) electrons. The minimum atomic E-state index is -3.85. The summed E-state index contributed by atoms with van der Waals surface area (Å²) >= 11 is 0. The molecule has 1 aliphatic heterocycles. The Balaban J connectivity index is 1.59. The molecular weight excluding hydrogens is 419 g/mol. The molecule has 1 N–H and O–H groups in total. The van der Waals surface area contributed by atoms with Gasteiger partial charge in [-0.1, -0.05) is 42.5 Å². The summed E-state index contributed by atoms with van der Waals surface area (Å²) in [7, 11) is -3.85. The van der Waals surface area contributed by atoms with Crippen LogP contribution in [0, 0.1) is 5.82 Å². The summed E-state index contributed by atoms with van der Waals surface area (Å²) in [5, 5.41) is 3.89. The lowest BCUT2D eigenvalue weighted by Gasteiger charge is -2.23. The first kappa shape index (κ1) is 20.4. The van der Waals surface area contributed by atoms with Crippen LogP contribution >= 0.6 is 0 Å². The van der Waals surface area contributed by atoms with Crippen LogP contribution in [-0.2, 0) is 14.8 Å². The maximum Gasteiger partial charge on any atom is 0.285 e. The lowest BCUT2D eigenvalue weighted by Crippen LogP contribution is -2.39. The minimum absolute atomic E-state index is 0.0978. The molecule has 0 fully saturated rings. The third-order valence-electron chi connectivity index (χ3n) is 4.51. The minimum Gasteiger partial charge on any atom is -0.316 e. The zero-order valence-electron chi connectivity index (χ0n) is 16.1. The molecular formula is C22H17FN4O3S. The number of hydrogen-bond donors (Lipinski definition) is 1. The van der Waals surface area contributed by atoms with E-state index in [1.807, 2.05) is 6.07 Å². The first-order chi connectivity index (χ1) is 14.9. The number of anilines is 1. The number of nitrogens with one attached hydrogen (secondary N) is 1. The van der Waals surface area contributed by atoms with Crippen molar-refractivity contribution in [3.05, 3.63) is 95.8 Å². The Hall–Kier alpha value is -3.85. The van der Waals surface area contributed by atoms with Crippen molar-refractivity contribution in [1.82, 2.24) is 5.43 Å². The Bertz CT molecular complexity index is 1270. The number of amidine groups is 1. The van der Waals surface area contributed by atoms with Crippen molar-refractivity contribution in [3.8, 4) is 0 Å². The summed E-state index contributed by atoms with van der Waals surface area (Å²) < 4.78 is 41.8. The first-order valence-electron chi connectivity index (χ1n) is 9.28. The predicted octanol–water partition coefficient (Wildman–Crippen LogP) is 2.93. The number of para-hydroxylation sites is 1. The Kier molecular flexibility index (Phi) is 5.59. The van der Waals surface area contributed by atoms with E-state index in [-0.39, 0.29) is 23.1 Å². The van der Waals surface area contributed by atoms with E-state index in [1.54, 1.807) is 42.5 Å². The van der Waals surface area contributed by atoms with Crippen molar-refractivity contribution < 1.29 is 17.6 Å². The number of carbonyl (C=O) groups excluding carboxylic acids is 1. The van der Waals surface area contributed by atoms with Crippen LogP contribution in [0.3, 0.4) is 0 Å². The summed E-state index contributed by atoms with van der Waals surface area (Å²) in [6.45, 7) is -0.215. The zero-order valence-corrected chi connectivity index (χ0v) is 17.0. The molecule has 0 aromatic heterocycles. The average Bonchev–Trinajstić information content (AvgIpc) is 3.05. The van der Waals surface area contributed by atoms with Crippen molar-refractivity contribution >= 4 is 33.7 Å². The SMILES string of the molecule is O=C(CN(C1=NS(=O)(=O)c2ccccc21)c1ccccc1)N/N=C/c1ccc(F)cc1.